The van der Waals surface area contributed by atoms with Crippen molar-refractivity contribution < 1.29 is 14.3 Å². The molecule has 1 saturated carbocycles. The Hall–Kier alpha value is -3.34. The monoisotopic (exact) mass is 416 g/mol. The van der Waals surface area contributed by atoms with Crippen LogP contribution in [0.5, 0.6) is 5.75 Å². The third-order valence-electron chi connectivity index (χ3n) is 5.46. The van der Waals surface area contributed by atoms with Crippen LogP contribution in [0.3, 0.4) is 0 Å². The molecule has 0 aromatic heterocycles. The lowest BCUT2D eigenvalue weighted by atomic mass is 10.0. The molecule has 1 fully saturated rings. The van der Waals surface area contributed by atoms with Gasteiger partial charge < -0.3 is 15.0 Å². The molecular weight excluding hydrogens is 388 g/mol. The van der Waals surface area contributed by atoms with Crippen molar-refractivity contribution in [3.8, 4) is 5.75 Å². The Morgan fingerprint density at radius 1 is 1.00 bits per heavy atom. The van der Waals surface area contributed by atoms with Gasteiger partial charge >= 0.3 is 0 Å². The van der Waals surface area contributed by atoms with Crippen molar-refractivity contribution in [3.63, 3.8) is 0 Å². The molecule has 0 spiro atoms. The highest BCUT2D eigenvalue weighted by Gasteiger charge is 2.25. The number of hydrogen-bond donors (Lipinski definition) is 1. The van der Waals surface area contributed by atoms with E-state index in [9.17, 15) is 9.59 Å². The van der Waals surface area contributed by atoms with Gasteiger partial charge in [0, 0.05) is 18.6 Å². The normalized spacial score (nSPS) is 13.3. The van der Waals surface area contributed by atoms with Crippen LogP contribution in [0, 0.1) is 0 Å². The fourth-order valence-corrected chi connectivity index (χ4v) is 3.57. The van der Waals surface area contributed by atoms with Crippen LogP contribution in [0.15, 0.2) is 66.7 Å². The fraction of sp³-hybridized carbons (Fsp3) is 0.308. The molecule has 0 radical (unpaired) electrons. The van der Waals surface area contributed by atoms with E-state index in [1.165, 1.54) is 0 Å². The average molecular weight is 417 g/mol. The average Bonchev–Trinajstić information content (AvgIpc) is 3.59. The van der Waals surface area contributed by atoms with E-state index < -0.39 is 0 Å². The van der Waals surface area contributed by atoms with E-state index in [2.05, 4.69) is 5.32 Å². The zero-order valence-corrected chi connectivity index (χ0v) is 18.0. The Morgan fingerprint density at radius 2 is 1.65 bits per heavy atom. The number of fused-ring (bicyclic) bond motifs is 1. The standard InChI is InChI=1S/C26H28N2O3/c1-18(2)28(16-19-8-4-3-5-9-19)26(30)23-14-20-10-6-7-11-21(20)15-24(23)31-17-25(29)27-22-12-13-22/h3-11,14-15,18,22H,12-13,16-17H2,1-2H3,(H,27,29). The Bertz CT molecular complexity index is 1070. The molecule has 2 amide bonds. The highest BCUT2D eigenvalue weighted by molar-refractivity contribution is 6.02. The molecular formula is C26H28N2O3. The third kappa shape index (κ3) is 5.23. The molecule has 0 bridgehead atoms. The SMILES string of the molecule is CC(C)N(Cc1ccccc1)C(=O)c1cc2ccccc2cc1OCC(=O)NC1CC1. The van der Waals surface area contributed by atoms with E-state index in [-0.39, 0.29) is 30.5 Å². The number of hydrogen-bond acceptors (Lipinski definition) is 3. The van der Waals surface area contributed by atoms with Crippen molar-refractivity contribution >= 4 is 22.6 Å². The van der Waals surface area contributed by atoms with Gasteiger partial charge in [-0.2, -0.15) is 0 Å². The highest BCUT2D eigenvalue weighted by atomic mass is 16.5. The van der Waals surface area contributed by atoms with E-state index in [4.69, 9.17) is 4.74 Å². The van der Waals surface area contributed by atoms with Crippen LogP contribution in [0.4, 0.5) is 0 Å². The quantitative estimate of drug-likeness (QED) is 0.586. The van der Waals surface area contributed by atoms with E-state index in [0.717, 1.165) is 29.2 Å². The third-order valence-corrected chi connectivity index (χ3v) is 5.46. The molecule has 0 heterocycles. The van der Waals surface area contributed by atoms with Crippen LogP contribution in [0.25, 0.3) is 10.8 Å². The van der Waals surface area contributed by atoms with E-state index in [0.29, 0.717) is 17.9 Å². The molecule has 0 saturated heterocycles. The molecule has 1 aliphatic carbocycles. The molecule has 0 atom stereocenters. The van der Waals surface area contributed by atoms with Crippen molar-refractivity contribution in [1.82, 2.24) is 10.2 Å². The van der Waals surface area contributed by atoms with Crippen LogP contribution in [0.2, 0.25) is 0 Å². The lowest BCUT2D eigenvalue weighted by Crippen LogP contribution is -2.37. The second kappa shape index (κ2) is 9.21. The van der Waals surface area contributed by atoms with Crippen LogP contribution in [-0.4, -0.2) is 35.4 Å². The van der Waals surface area contributed by atoms with Crippen molar-refractivity contribution in [3.05, 3.63) is 77.9 Å². The van der Waals surface area contributed by atoms with Crippen molar-refractivity contribution in [1.29, 1.82) is 0 Å². The summed E-state index contributed by atoms with van der Waals surface area (Å²) in [5, 5.41) is 4.85. The molecule has 0 aliphatic heterocycles. The summed E-state index contributed by atoms with van der Waals surface area (Å²) in [5.41, 5.74) is 1.54. The minimum Gasteiger partial charge on any atom is -0.483 e. The molecule has 160 valence electrons. The first-order valence-corrected chi connectivity index (χ1v) is 10.8. The predicted molar refractivity (Wildman–Crippen MR) is 122 cm³/mol. The van der Waals surface area contributed by atoms with Crippen LogP contribution >= 0.6 is 0 Å². The summed E-state index contributed by atoms with van der Waals surface area (Å²) in [5.74, 6) is 0.176. The number of benzene rings is 3. The van der Waals surface area contributed by atoms with Gasteiger partial charge in [-0.15, -0.1) is 0 Å². The van der Waals surface area contributed by atoms with Crippen LogP contribution in [-0.2, 0) is 11.3 Å². The zero-order valence-electron chi connectivity index (χ0n) is 18.0. The van der Waals surface area contributed by atoms with Gasteiger partial charge in [0.25, 0.3) is 11.8 Å². The molecule has 1 N–H and O–H groups in total. The fourth-order valence-electron chi connectivity index (χ4n) is 3.57. The summed E-state index contributed by atoms with van der Waals surface area (Å²) in [7, 11) is 0. The number of amides is 2. The maximum atomic E-state index is 13.6. The molecule has 3 aromatic carbocycles. The summed E-state index contributed by atoms with van der Waals surface area (Å²) in [6.07, 6.45) is 2.04. The van der Waals surface area contributed by atoms with Gasteiger partial charge in [-0.3, -0.25) is 9.59 Å². The Morgan fingerprint density at radius 3 is 2.29 bits per heavy atom. The first-order chi connectivity index (χ1) is 15.0. The smallest absolute Gasteiger partial charge is 0.258 e. The molecule has 31 heavy (non-hydrogen) atoms. The number of rotatable bonds is 8. The maximum Gasteiger partial charge on any atom is 0.258 e. The van der Waals surface area contributed by atoms with Gasteiger partial charge in [0.2, 0.25) is 0 Å². The van der Waals surface area contributed by atoms with Gasteiger partial charge in [-0.05, 0) is 55.2 Å². The summed E-state index contributed by atoms with van der Waals surface area (Å²) in [4.78, 5) is 27.6. The second-order valence-corrected chi connectivity index (χ2v) is 8.34. The molecule has 3 aromatic rings. The van der Waals surface area contributed by atoms with Gasteiger partial charge in [0.1, 0.15) is 5.75 Å². The van der Waals surface area contributed by atoms with Crippen molar-refractivity contribution in [2.24, 2.45) is 0 Å². The second-order valence-electron chi connectivity index (χ2n) is 8.34. The number of nitrogens with zero attached hydrogens (tertiary/aromatic N) is 1. The topological polar surface area (TPSA) is 58.6 Å². The largest absolute Gasteiger partial charge is 0.483 e. The minimum absolute atomic E-state index is 0.00481. The minimum atomic E-state index is -0.154. The number of carbonyl (C=O) groups excluding carboxylic acids is 2. The summed E-state index contributed by atoms with van der Waals surface area (Å²) < 4.78 is 5.88. The number of carbonyl (C=O) groups is 2. The van der Waals surface area contributed by atoms with Crippen molar-refractivity contribution in [2.75, 3.05) is 6.61 Å². The lowest BCUT2D eigenvalue weighted by molar-refractivity contribution is -0.123. The van der Waals surface area contributed by atoms with Gasteiger partial charge in [0.15, 0.2) is 6.61 Å². The zero-order chi connectivity index (χ0) is 21.8. The number of ether oxygens (including phenoxy) is 1. The molecule has 4 rings (SSSR count). The van der Waals surface area contributed by atoms with Gasteiger partial charge in [0.05, 0.1) is 5.56 Å². The van der Waals surface area contributed by atoms with E-state index >= 15 is 0 Å². The first-order valence-electron chi connectivity index (χ1n) is 10.8. The number of nitrogens with one attached hydrogen (secondary N) is 1. The summed E-state index contributed by atoms with van der Waals surface area (Å²) >= 11 is 0. The van der Waals surface area contributed by atoms with Crippen LogP contribution < -0.4 is 10.1 Å². The van der Waals surface area contributed by atoms with Gasteiger partial charge in [-0.25, -0.2) is 0 Å². The molecule has 1 aliphatic rings. The summed E-state index contributed by atoms with van der Waals surface area (Å²) in [6, 6.07) is 21.8. The highest BCUT2D eigenvalue weighted by Crippen LogP contribution is 2.29. The van der Waals surface area contributed by atoms with E-state index in [1.54, 1.807) is 0 Å². The molecule has 0 unspecified atom stereocenters. The Labute approximate surface area is 183 Å². The van der Waals surface area contributed by atoms with Crippen molar-refractivity contribution in [2.45, 2.75) is 45.3 Å². The first kappa shape index (κ1) is 20.9. The summed E-state index contributed by atoms with van der Waals surface area (Å²) in [6.45, 7) is 4.41. The predicted octanol–water partition coefficient (Wildman–Crippen LogP) is 4.55. The van der Waals surface area contributed by atoms with E-state index in [1.807, 2.05) is 85.5 Å². The van der Waals surface area contributed by atoms with Gasteiger partial charge in [-0.1, -0.05) is 54.6 Å². The lowest BCUT2D eigenvalue weighted by Gasteiger charge is -2.28. The molecule has 5 heteroatoms. The Balaban J connectivity index is 1.63. The maximum absolute atomic E-state index is 13.6. The van der Waals surface area contributed by atoms with Crippen LogP contribution in [0.1, 0.15) is 42.6 Å². The molecule has 5 nitrogen and oxygen atoms in total. The Kier molecular flexibility index (Phi) is 6.21.